The SMILES string of the molecule is c1ccc(-c2nc(-c3cc4c(cc3-n3c5ccccc5c5ccccc53)oc3ccccc34)nc3c2sc2ccccc23)cc1. The Morgan fingerprint density at radius 1 is 0.533 bits per heavy atom. The number of para-hydroxylation sites is 3. The number of nitrogens with zero attached hydrogens (tertiary/aromatic N) is 3. The van der Waals surface area contributed by atoms with E-state index in [1.165, 1.54) is 15.5 Å². The Hall–Kier alpha value is -5.78. The molecule has 0 aliphatic rings. The van der Waals surface area contributed by atoms with E-state index in [0.29, 0.717) is 5.82 Å². The average molecular weight is 594 g/mol. The van der Waals surface area contributed by atoms with Crippen LogP contribution in [0.25, 0.3) is 92.4 Å². The number of rotatable bonds is 3. The van der Waals surface area contributed by atoms with Crippen LogP contribution in [0.15, 0.2) is 144 Å². The molecule has 10 aromatic rings. The number of hydrogen-bond acceptors (Lipinski definition) is 4. The summed E-state index contributed by atoms with van der Waals surface area (Å²) < 4.78 is 11.1. The van der Waals surface area contributed by atoms with Crippen LogP contribution in [-0.2, 0) is 0 Å². The summed E-state index contributed by atoms with van der Waals surface area (Å²) in [5, 5.41) is 5.67. The topological polar surface area (TPSA) is 43.9 Å². The molecule has 4 aromatic heterocycles. The zero-order valence-corrected chi connectivity index (χ0v) is 24.8. The average Bonchev–Trinajstić information content (AvgIpc) is 3.77. The van der Waals surface area contributed by atoms with Gasteiger partial charge < -0.3 is 8.98 Å². The molecule has 0 saturated heterocycles. The predicted octanol–water partition coefficient (Wildman–Crippen LogP) is 11.2. The largest absolute Gasteiger partial charge is 0.456 e. The molecule has 210 valence electrons. The number of aromatic nitrogens is 3. The highest BCUT2D eigenvalue weighted by Gasteiger charge is 2.22. The Bertz CT molecular complexity index is 2720. The fraction of sp³-hybridized carbons (Fsp3) is 0. The van der Waals surface area contributed by atoms with E-state index in [2.05, 4.69) is 126 Å². The van der Waals surface area contributed by atoms with Gasteiger partial charge in [0.05, 0.1) is 32.6 Å². The van der Waals surface area contributed by atoms with Crippen LogP contribution in [-0.4, -0.2) is 14.5 Å². The fourth-order valence-corrected chi connectivity index (χ4v) is 7.96. The van der Waals surface area contributed by atoms with Gasteiger partial charge in [0.15, 0.2) is 5.82 Å². The van der Waals surface area contributed by atoms with E-state index in [4.69, 9.17) is 14.4 Å². The zero-order chi connectivity index (χ0) is 29.5. The molecular formula is C40H23N3OS. The third-order valence-corrected chi connectivity index (χ3v) is 9.99. The molecule has 0 aliphatic heterocycles. The van der Waals surface area contributed by atoms with Gasteiger partial charge in [-0.1, -0.05) is 103 Å². The molecule has 0 bridgehead atoms. The number of furan rings is 1. The lowest BCUT2D eigenvalue weighted by Crippen LogP contribution is -2.01. The summed E-state index contributed by atoms with van der Waals surface area (Å²) >= 11 is 1.75. The predicted molar refractivity (Wildman–Crippen MR) is 187 cm³/mol. The van der Waals surface area contributed by atoms with E-state index in [0.717, 1.165) is 71.1 Å². The second-order valence-electron chi connectivity index (χ2n) is 11.4. The van der Waals surface area contributed by atoms with Crippen LogP contribution in [0.1, 0.15) is 0 Å². The summed E-state index contributed by atoms with van der Waals surface area (Å²) in [4.78, 5) is 10.8. The quantitative estimate of drug-likeness (QED) is 0.205. The first kappa shape index (κ1) is 24.6. The molecule has 6 aromatic carbocycles. The van der Waals surface area contributed by atoms with Gasteiger partial charge in [-0.2, -0.15) is 0 Å². The van der Waals surface area contributed by atoms with E-state index in [9.17, 15) is 0 Å². The molecule has 5 heteroatoms. The molecule has 4 nitrogen and oxygen atoms in total. The molecule has 0 unspecified atom stereocenters. The summed E-state index contributed by atoms with van der Waals surface area (Å²) in [5.41, 5.74) is 8.89. The molecule has 0 radical (unpaired) electrons. The van der Waals surface area contributed by atoms with Crippen molar-refractivity contribution in [1.29, 1.82) is 0 Å². The Labute approximate surface area is 261 Å². The second kappa shape index (κ2) is 9.36. The van der Waals surface area contributed by atoms with E-state index < -0.39 is 0 Å². The van der Waals surface area contributed by atoms with Crippen LogP contribution in [0.4, 0.5) is 0 Å². The van der Waals surface area contributed by atoms with Crippen molar-refractivity contribution in [3.8, 4) is 28.3 Å². The highest BCUT2D eigenvalue weighted by molar-refractivity contribution is 7.26. The van der Waals surface area contributed by atoms with E-state index in [1.54, 1.807) is 11.3 Å². The van der Waals surface area contributed by atoms with Crippen molar-refractivity contribution >= 4 is 75.4 Å². The van der Waals surface area contributed by atoms with Crippen LogP contribution in [0.2, 0.25) is 0 Å². The summed E-state index contributed by atoms with van der Waals surface area (Å²) in [6.07, 6.45) is 0. The highest BCUT2D eigenvalue weighted by atomic mass is 32.1. The maximum atomic E-state index is 6.46. The van der Waals surface area contributed by atoms with Gasteiger partial charge in [0, 0.05) is 48.8 Å². The van der Waals surface area contributed by atoms with Crippen molar-refractivity contribution in [2.24, 2.45) is 0 Å². The summed E-state index contributed by atoms with van der Waals surface area (Å²) in [6, 6.07) is 48.8. The molecule has 0 spiro atoms. The highest BCUT2D eigenvalue weighted by Crippen LogP contribution is 2.43. The minimum absolute atomic E-state index is 0.689. The maximum Gasteiger partial charge on any atom is 0.162 e. The third kappa shape index (κ3) is 3.59. The fourth-order valence-electron chi connectivity index (χ4n) is 6.81. The van der Waals surface area contributed by atoms with Crippen molar-refractivity contribution in [2.45, 2.75) is 0 Å². The van der Waals surface area contributed by atoms with Gasteiger partial charge in [0.1, 0.15) is 11.2 Å². The molecule has 0 fully saturated rings. The second-order valence-corrected chi connectivity index (χ2v) is 12.4. The summed E-state index contributed by atoms with van der Waals surface area (Å²) in [7, 11) is 0. The Morgan fingerprint density at radius 2 is 1.18 bits per heavy atom. The van der Waals surface area contributed by atoms with Gasteiger partial charge >= 0.3 is 0 Å². The lowest BCUT2D eigenvalue weighted by molar-refractivity contribution is 0.668. The van der Waals surface area contributed by atoms with Crippen LogP contribution in [0.3, 0.4) is 0 Å². The van der Waals surface area contributed by atoms with Crippen LogP contribution in [0, 0.1) is 0 Å². The van der Waals surface area contributed by atoms with E-state index in [1.807, 2.05) is 18.2 Å². The van der Waals surface area contributed by atoms with Crippen LogP contribution in [0.5, 0.6) is 0 Å². The van der Waals surface area contributed by atoms with Crippen molar-refractivity contribution in [2.75, 3.05) is 0 Å². The first-order chi connectivity index (χ1) is 22.3. The Kier molecular flexibility index (Phi) is 5.12. The number of fused-ring (bicyclic) bond motifs is 9. The van der Waals surface area contributed by atoms with Crippen molar-refractivity contribution < 1.29 is 4.42 Å². The zero-order valence-electron chi connectivity index (χ0n) is 23.9. The van der Waals surface area contributed by atoms with Crippen LogP contribution < -0.4 is 0 Å². The monoisotopic (exact) mass is 593 g/mol. The van der Waals surface area contributed by atoms with Crippen LogP contribution >= 0.6 is 11.3 Å². The van der Waals surface area contributed by atoms with Gasteiger partial charge in [0.25, 0.3) is 0 Å². The molecule has 45 heavy (non-hydrogen) atoms. The van der Waals surface area contributed by atoms with Gasteiger partial charge in [-0.15, -0.1) is 11.3 Å². The van der Waals surface area contributed by atoms with Gasteiger partial charge in [-0.05, 0) is 30.3 Å². The lowest BCUT2D eigenvalue weighted by atomic mass is 10.0. The minimum Gasteiger partial charge on any atom is -0.456 e. The number of thiophene rings is 1. The smallest absolute Gasteiger partial charge is 0.162 e. The lowest BCUT2D eigenvalue weighted by Gasteiger charge is -2.15. The van der Waals surface area contributed by atoms with Gasteiger partial charge in [0.2, 0.25) is 0 Å². The molecule has 0 saturated carbocycles. The summed E-state index contributed by atoms with van der Waals surface area (Å²) in [5.74, 6) is 0.689. The Balaban J connectivity index is 1.38. The molecule has 0 N–H and O–H groups in total. The van der Waals surface area contributed by atoms with Gasteiger partial charge in [-0.3, -0.25) is 0 Å². The number of hydrogen-bond donors (Lipinski definition) is 0. The van der Waals surface area contributed by atoms with E-state index in [-0.39, 0.29) is 0 Å². The molecule has 4 heterocycles. The maximum absolute atomic E-state index is 6.46. The molecule has 0 amide bonds. The first-order valence-electron chi connectivity index (χ1n) is 15.0. The molecule has 10 rings (SSSR count). The standard InChI is InChI=1S/C40H23N3OS/c1-2-12-24(13-3-1)37-39-38(28-17-7-11-21-36(28)45-39)42-40(41-37)30-22-29-27-16-6-10-20-34(27)44-35(29)23-33(30)43-31-18-8-4-14-25(31)26-15-5-9-19-32(26)43/h1-23H. The molecular weight excluding hydrogens is 571 g/mol. The summed E-state index contributed by atoms with van der Waals surface area (Å²) in [6.45, 7) is 0. The van der Waals surface area contributed by atoms with Gasteiger partial charge in [-0.25, -0.2) is 9.97 Å². The Morgan fingerprint density at radius 3 is 1.96 bits per heavy atom. The van der Waals surface area contributed by atoms with Crippen molar-refractivity contribution in [1.82, 2.24) is 14.5 Å². The van der Waals surface area contributed by atoms with Crippen molar-refractivity contribution in [3.05, 3.63) is 140 Å². The first-order valence-corrected chi connectivity index (χ1v) is 15.8. The number of benzene rings is 6. The van der Waals surface area contributed by atoms with E-state index >= 15 is 0 Å². The molecule has 0 atom stereocenters. The normalized spacial score (nSPS) is 12.0. The third-order valence-electron chi connectivity index (χ3n) is 8.82. The van der Waals surface area contributed by atoms with Crippen molar-refractivity contribution in [3.63, 3.8) is 0 Å². The minimum atomic E-state index is 0.689. The molecule has 0 aliphatic carbocycles.